The summed E-state index contributed by atoms with van der Waals surface area (Å²) in [6.07, 6.45) is 0.956. The van der Waals surface area contributed by atoms with E-state index in [0.29, 0.717) is 12.6 Å². The molecule has 17 heavy (non-hydrogen) atoms. The molecule has 1 saturated heterocycles. The number of benzene rings is 1. The van der Waals surface area contributed by atoms with Crippen molar-refractivity contribution in [1.82, 2.24) is 0 Å². The zero-order valence-corrected chi connectivity index (χ0v) is 10.3. The first kappa shape index (κ1) is 12.2. The van der Waals surface area contributed by atoms with Gasteiger partial charge in [0.05, 0.1) is 26.4 Å². The third-order valence-corrected chi connectivity index (χ3v) is 3.11. The molecule has 2 N–H and O–H groups in total. The van der Waals surface area contributed by atoms with Crippen LogP contribution in [0.2, 0.25) is 0 Å². The summed E-state index contributed by atoms with van der Waals surface area (Å²) < 4.78 is 10.8. The van der Waals surface area contributed by atoms with Crippen molar-refractivity contribution in [2.75, 3.05) is 38.3 Å². The Labute approximate surface area is 102 Å². The Morgan fingerprint density at radius 2 is 2.41 bits per heavy atom. The van der Waals surface area contributed by atoms with E-state index in [0.717, 1.165) is 31.9 Å². The lowest BCUT2D eigenvalue weighted by Gasteiger charge is -2.37. The molecule has 0 amide bonds. The number of methoxy groups -OCH3 is 1. The number of rotatable bonds is 4. The van der Waals surface area contributed by atoms with E-state index in [9.17, 15) is 0 Å². The first-order chi connectivity index (χ1) is 8.35. The molecule has 1 aliphatic rings. The molecule has 1 atom stereocenters. The molecular weight excluding hydrogens is 216 g/mol. The zero-order chi connectivity index (χ0) is 12.1. The van der Waals surface area contributed by atoms with Crippen LogP contribution in [0.4, 0.5) is 5.69 Å². The van der Waals surface area contributed by atoms with Gasteiger partial charge in [-0.2, -0.15) is 0 Å². The molecule has 1 aliphatic heterocycles. The largest absolute Gasteiger partial charge is 0.497 e. The number of morpholine rings is 1. The predicted molar refractivity (Wildman–Crippen MR) is 68.6 cm³/mol. The topological polar surface area (TPSA) is 47.7 Å². The molecule has 94 valence electrons. The van der Waals surface area contributed by atoms with Gasteiger partial charge in [-0.15, -0.1) is 0 Å². The van der Waals surface area contributed by atoms with E-state index in [2.05, 4.69) is 17.0 Å². The smallest absolute Gasteiger partial charge is 0.120 e. The highest BCUT2D eigenvalue weighted by atomic mass is 16.5. The molecule has 1 aromatic carbocycles. The summed E-state index contributed by atoms with van der Waals surface area (Å²) in [4.78, 5) is 2.36. The van der Waals surface area contributed by atoms with E-state index in [1.165, 1.54) is 5.69 Å². The van der Waals surface area contributed by atoms with Crippen molar-refractivity contribution in [3.63, 3.8) is 0 Å². The molecule has 4 nitrogen and oxygen atoms in total. The van der Waals surface area contributed by atoms with Crippen molar-refractivity contribution in [1.29, 1.82) is 0 Å². The predicted octanol–water partition coefficient (Wildman–Crippen LogP) is 1.25. The molecular formula is C13H20N2O2. The normalized spacial score (nSPS) is 20.4. The van der Waals surface area contributed by atoms with Gasteiger partial charge in [-0.1, -0.05) is 6.07 Å². The summed E-state index contributed by atoms with van der Waals surface area (Å²) in [5.41, 5.74) is 6.84. The second kappa shape index (κ2) is 5.89. The van der Waals surface area contributed by atoms with Crippen molar-refractivity contribution in [2.45, 2.75) is 12.5 Å². The Morgan fingerprint density at radius 3 is 3.18 bits per heavy atom. The zero-order valence-electron chi connectivity index (χ0n) is 10.3. The fourth-order valence-corrected chi connectivity index (χ4v) is 2.22. The van der Waals surface area contributed by atoms with Crippen LogP contribution in [0.3, 0.4) is 0 Å². The Bertz CT molecular complexity index is 355. The molecule has 1 unspecified atom stereocenters. The molecule has 0 spiro atoms. The fraction of sp³-hybridized carbons (Fsp3) is 0.538. The van der Waals surface area contributed by atoms with Crippen LogP contribution in [0.5, 0.6) is 5.75 Å². The van der Waals surface area contributed by atoms with Gasteiger partial charge < -0.3 is 20.1 Å². The SMILES string of the molecule is COc1cccc(N2CCOCC2CCN)c1. The number of nitrogens with two attached hydrogens (primary N) is 1. The van der Waals surface area contributed by atoms with Crippen molar-refractivity contribution < 1.29 is 9.47 Å². The van der Waals surface area contributed by atoms with E-state index in [1.54, 1.807) is 7.11 Å². The van der Waals surface area contributed by atoms with Gasteiger partial charge in [0, 0.05) is 18.3 Å². The molecule has 1 heterocycles. The lowest BCUT2D eigenvalue weighted by atomic mass is 10.1. The van der Waals surface area contributed by atoms with Gasteiger partial charge in [0.1, 0.15) is 5.75 Å². The minimum absolute atomic E-state index is 0.376. The van der Waals surface area contributed by atoms with E-state index in [-0.39, 0.29) is 0 Å². The van der Waals surface area contributed by atoms with Gasteiger partial charge in [-0.25, -0.2) is 0 Å². The second-order valence-electron chi connectivity index (χ2n) is 4.20. The standard InChI is InChI=1S/C13H20N2O2/c1-16-13-4-2-3-11(9-13)15-7-8-17-10-12(15)5-6-14/h2-4,9,12H,5-8,10,14H2,1H3. The average Bonchev–Trinajstić information content (AvgIpc) is 2.40. The van der Waals surface area contributed by atoms with E-state index in [1.807, 2.05) is 12.1 Å². The molecule has 4 heteroatoms. The van der Waals surface area contributed by atoms with E-state index >= 15 is 0 Å². The van der Waals surface area contributed by atoms with Crippen molar-refractivity contribution in [3.05, 3.63) is 24.3 Å². The maximum absolute atomic E-state index is 5.65. The average molecular weight is 236 g/mol. The summed E-state index contributed by atoms with van der Waals surface area (Å²) in [6.45, 7) is 3.14. The van der Waals surface area contributed by atoms with Crippen LogP contribution in [0.25, 0.3) is 0 Å². The number of ether oxygens (including phenoxy) is 2. The van der Waals surface area contributed by atoms with Crippen LogP contribution in [0.1, 0.15) is 6.42 Å². The first-order valence-electron chi connectivity index (χ1n) is 6.03. The molecule has 2 rings (SSSR count). The molecule has 0 aromatic heterocycles. The Kier molecular flexibility index (Phi) is 4.23. The monoisotopic (exact) mass is 236 g/mol. The highest BCUT2D eigenvalue weighted by Crippen LogP contribution is 2.25. The summed E-state index contributed by atoms with van der Waals surface area (Å²) in [5, 5.41) is 0. The number of anilines is 1. The molecule has 1 fully saturated rings. The fourth-order valence-electron chi connectivity index (χ4n) is 2.22. The van der Waals surface area contributed by atoms with Crippen LogP contribution in [-0.2, 0) is 4.74 Å². The highest BCUT2D eigenvalue weighted by Gasteiger charge is 2.22. The van der Waals surface area contributed by atoms with Crippen LogP contribution in [-0.4, -0.2) is 39.5 Å². The van der Waals surface area contributed by atoms with Crippen molar-refractivity contribution >= 4 is 5.69 Å². The quantitative estimate of drug-likeness (QED) is 0.854. The third kappa shape index (κ3) is 2.90. The number of nitrogens with zero attached hydrogens (tertiary/aromatic N) is 1. The lowest BCUT2D eigenvalue weighted by molar-refractivity contribution is 0.0922. The van der Waals surface area contributed by atoms with Gasteiger partial charge in [-0.3, -0.25) is 0 Å². The minimum atomic E-state index is 0.376. The van der Waals surface area contributed by atoms with Crippen LogP contribution in [0, 0.1) is 0 Å². The van der Waals surface area contributed by atoms with Crippen molar-refractivity contribution in [3.8, 4) is 5.75 Å². The van der Waals surface area contributed by atoms with Crippen molar-refractivity contribution in [2.24, 2.45) is 5.73 Å². The summed E-state index contributed by atoms with van der Waals surface area (Å²) in [7, 11) is 1.69. The Balaban J connectivity index is 2.16. The maximum Gasteiger partial charge on any atom is 0.120 e. The molecule has 0 aliphatic carbocycles. The summed E-state index contributed by atoms with van der Waals surface area (Å²) >= 11 is 0. The highest BCUT2D eigenvalue weighted by molar-refractivity contribution is 5.51. The second-order valence-corrected chi connectivity index (χ2v) is 4.20. The van der Waals surface area contributed by atoms with Gasteiger partial charge in [-0.05, 0) is 25.1 Å². The molecule has 0 bridgehead atoms. The van der Waals surface area contributed by atoms with Gasteiger partial charge in [0.25, 0.3) is 0 Å². The van der Waals surface area contributed by atoms with Gasteiger partial charge in [0.15, 0.2) is 0 Å². The molecule has 1 aromatic rings. The maximum atomic E-state index is 5.65. The van der Waals surface area contributed by atoms with Crippen LogP contribution >= 0.6 is 0 Å². The first-order valence-corrected chi connectivity index (χ1v) is 6.03. The number of hydrogen-bond donors (Lipinski definition) is 1. The van der Waals surface area contributed by atoms with Gasteiger partial charge in [0.2, 0.25) is 0 Å². The Morgan fingerprint density at radius 1 is 1.53 bits per heavy atom. The van der Waals surface area contributed by atoms with E-state index < -0.39 is 0 Å². The van der Waals surface area contributed by atoms with Crippen LogP contribution < -0.4 is 15.4 Å². The summed E-state index contributed by atoms with van der Waals surface area (Å²) in [5.74, 6) is 0.889. The van der Waals surface area contributed by atoms with E-state index in [4.69, 9.17) is 15.2 Å². The lowest BCUT2D eigenvalue weighted by Crippen LogP contribution is -2.46. The molecule has 0 saturated carbocycles. The Hall–Kier alpha value is -1.26. The number of hydrogen-bond acceptors (Lipinski definition) is 4. The third-order valence-electron chi connectivity index (χ3n) is 3.11. The summed E-state index contributed by atoms with van der Waals surface area (Å²) in [6, 6.07) is 8.53. The van der Waals surface area contributed by atoms with Gasteiger partial charge >= 0.3 is 0 Å². The van der Waals surface area contributed by atoms with Crippen LogP contribution in [0.15, 0.2) is 24.3 Å². The molecule has 0 radical (unpaired) electrons. The minimum Gasteiger partial charge on any atom is -0.497 e.